The second kappa shape index (κ2) is 9.73. The van der Waals surface area contributed by atoms with Crippen molar-refractivity contribution in [3.8, 4) is 5.88 Å². The highest BCUT2D eigenvalue weighted by Gasteiger charge is 2.51. The molecule has 2 unspecified atom stereocenters. The summed E-state index contributed by atoms with van der Waals surface area (Å²) in [7, 11) is 0.450. The Hall–Kier alpha value is -3.63. The Morgan fingerprint density at radius 2 is 1.90 bits per heavy atom. The Morgan fingerprint density at radius 3 is 2.61 bits per heavy atom. The van der Waals surface area contributed by atoms with Crippen LogP contribution in [0.25, 0.3) is 11.0 Å². The van der Waals surface area contributed by atoms with E-state index in [-0.39, 0.29) is 5.60 Å². The molecule has 214 valence electrons. The van der Waals surface area contributed by atoms with Crippen LogP contribution in [-0.2, 0) is 29.4 Å². The minimum absolute atomic E-state index is 0.370. The zero-order valence-corrected chi connectivity index (χ0v) is 25.1. The average Bonchev–Trinajstić information content (AvgIpc) is 3.62. The van der Waals surface area contributed by atoms with Gasteiger partial charge in [-0.1, -0.05) is 18.2 Å². The monoisotopic (exact) mass is 573 g/mol. The predicted molar refractivity (Wildman–Crippen MR) is 156 cm³/mol. The van der Waals surface area contributed by atoms with Crippen LogP contribution in [0.3, 0.4) is 0 Å². The van der Waals surface area contributed by atoms with Gasteiger partial charge in [0.25, 0.3) is 0 Å². The number of aryl methyl sites for hydroxylation is 4. The molecule has 41 heavy (non-hydrogen) atoms. The third-order valence-corrected chi connectivity index (χ3v) is 9.91. The van der Waals surface area contributed by atoms with Gasteiger partial charge in [0.05, 0.1) is 17.7 Å². The Morgan fingerprint density at radius 1 is 1.15 bits per heavy atom. The van der Waals surface area contributed by atoms with Gasteiger partial charge in [0.15, 0.2) is 5.65 Å². The molecule has 0 amide bonds. The number of rotatable bonds is 6. The van der Waals surface area contributed by atoms with Crippen LogP contribution in [0.5, 0.6) is 5.88 Å². The van der Waals surface area contributed by atoms with E-state index in [1.165, 1.54) is 0 Å². The summed E-state index contributed by atoms with van der Waals surface area (Å²) >= 11 is 0. The van der Waals surface area contributed by atoms with Crippen molar-refractivity contribution in [2.24, 2.45) is 12.5 Å². The number of ether oxygens (including phenoxy) is 1. The fourth-order valence-electron chi connectivity index (χ4n) is 5.84. The number of hydrogen-bond donors (Lipinski definition) is 1. The van der Waals surface area contributed by atoms with E-state index in [1.807, 2.05) is 67.0 Å². The van der Waals surface area contributed by atoms with Gasteiger partial charge in [-0.3, -0.25) is 4.79 Å². The summed E-state index contributed by atoms with van der Waals surface area (Å²) in [4.78, 5) is 17.7. The molecule has 4 heterocycles. The van der Waals surface area contributed by atoms with Gasteiger partial charge in [-0.05, 0) is 87.9 Å². The summed E-state index contributed by atoms with van der Waals surface area (Å²) in [5, 5.41) is 19.9. The first-order chi connectivity index (χ1) is 19.4. The number of carbonyl (C=O) groups is 1. The summed E-state index contributed by atoms with van der Waals surface area (Å²) in [6, 6.07) is 12.0. The summed E-state index contributed by atoms with van der Waals surface area (Å²) in [5.74, 6) is -0.908. The number of pyridine rings is 1. The number of aliphatic carboxylic acids is 1. The smallest absolute Gasteiger partial charge is 0.310 e. The fraction of sp³-hybridized carbons (Fsp3) is 0.419. The van der Waals surface area contributed by atoms with E-state index in [0.29, 0.717) is 29.5 Å². The van der Waals surface area contributed by atoms with E-state index < -0.39 is 28.3 Å². The van der Waals surface area contributed by atoms with Crippen LogP contribution in [0.2, 0.25) is 0 Å². The number of nitrogens with zero attached hydrogens (tertiary/aromatic N) is 5. The number of carboxylic acid groups (broad SMARTS) is 1. The molecule has 1 saturated carbocycles. The van der Waals surface area contributed by atoms with Crippen molar-refractivity contribution in [1.29, 1.82) is 0 Å². The molecule has 2 aliphatic rings. The van der Waals surface area contributed by atoms with Gasteiger partial charge in [0.1, 0.15) is 21.5 Å². The molecule has 1 aromatic carbocycles. The fourth-order valence-corrected chi connectivity index (χ4v) is 7.26. The Labute approximate surface area is 242 Å². The van der Waals surface area contributed by atoms with Crippen molar-refractivity contribution in [1.82, 2.24) is 24.1 Å². The van der Waals surface area contributed by atoms with Crippen LogP contribution in [0.1, 0.15) is 66.2 Å². The first kappa shape index (κ1) is 27.5. The molecule has 0 radical (unpaired) electrons. The number of fused-ring (bicyclic) bond motifs is 2. The summed E-state index contributed by atoms with van der Waals surface area (Å²) < 4.78 is 24.1. The Balaban J connectivity index is 1.43. The van der Waals surface area contributed by atoms with Gasteiger partial charge in [0, 0.05) is 36.8 Å². The number of carboxylic acids is 1. The maximum Gasteiger partial charge on any atom is 0.310 e. The van der Waals surface area contributed by atoms with Gasteiger partial charge < -0.3 is 14.4 Å². The molecule has 1 N–H and O–H groups in total. The largest absolute Gasteiger partial charge is 0.481 e. The van der Waals surface area contributed by atoms with Crippen molar-refractivity contribution in [2.45, 2.75) is 70.4 Å². The first-order valence-corrected chi connectivity index (χ1v) is 14.9. The summed E-state index contributed by atoms with van der Waals surface area (Å²) in [6.07, 6.45) is 3.54. The highest BCUT2D eigenvalue weighted by molar-refractivity contribution is 7.82. The molecule has 0 bridgehead atoms. The van der Waals surface area contributed by atoms with Gasteiger partial charge in [-0.25, -0.2) is 13.5 Å². The molecule has 6 rings (SSSR count). The second-order valence-electron chi connectivity index (χ2n) is 12.2. The van der Waals surface area contributed by atoms with Crippen LogP contribution >= 0.6 is 0 Å². The van der Waals surface area contributed by atoms with E-state index in [9.17, 15) is 14.1 Å². The average molecular weight is 574 g/mol. The van der Waals surface area contributed by atoms with Crippen molar-refractivity contribution in [3.63, 3.8) is 0 Å². The van der Waals surface area contributed by atoms with Crippen LogP contribution in [-0.4, -0.2) is 51.5 Å². The van der Waals surface area contributed by atoms with Gasteiger partial charge in [-0.15, -0.1) is 5.10 Å². The minimum Gasteiger partial charge on any atom is -0.481 e. The van der Waals surface area contributed by atoms with E-state index in [1.54, 1.807) is 20.0 Å². The van der Waals surface area contributed by atoms with Crippen LogP contribution < -0.4 is 4.74 Å². The molecule has 1 aliphatic carbocycles. The lowest BCUT2D eigenvalue weighted by Gasteiger charge is -2.32. The minimum atomic E-state index is -1.46. The topological polar surface area (TPSA) is 110 Å². The van der Waals surface area contributed by atoms with Crippen molar-refractivity contribution >= 4 is 28.0 Å². The van der Waals surface area contributed by atoms with Crippen molar-refractivity contribution in [2.75, 3.05) is 6.54 Å². The van der Waals surface area contributed by atoms with E-state index in [4.69, 9.17) is 4.74 Å². The molecule has 9 nitrogen and oxygen atoms in total. The highest BCUT2D eigenvalue weighted by atomic mass is 32.2. The maximum atomic E-state index is 13.9. The van der Waals surface area contributed by atoms with Crippen molar-refractivity contribution < 1.29 is 18.8 Å². The van der Waals surface area contributed by atoms with Crippen LogP contribution in [0.4, 0.5) is 0 Å². The Bertz CT molecular complexity index is 1730. The van der Waals surface area contributed by atoms with Gasteiger partial charge in [0.2, 0.25) is 5.88 Å². The molecular formula is C31H35N5O4S. The van der Waals surface area contributed by atoms with Crippen molar-refractivity contribution in [3.05, 3.63) is 76.2 Å². The lowest BCUT2D eigenvalue weighted by Crippen LogP contribution is -2.36. The molecule has 2 atom stereocenters. The normalized spacial score (nSPS) is 19.0. The van der Waals surface area contributed by atoms with Crippen LogP contribution in [0, 0.1) is 26.2 Å². The molecule has 10 heteroatoms. The molecular weight excluding hydrogens is 538 g/mol. The SMILES string of the molecule is Cc1cnc2c(c1)S(=O)N(Cc1cc(C(c3cc4cc(C)nnc4n3C)C(C)(C)C(=O)O)ccc1C)CC1(CC1)O2. The number of hydrogen-bond acceptors (Lipinski definition) is 6. The molecule has 1 spiro atoms. The maximum absolute atomic E-state index is 13.9. The van der Waals surface area contributed by atoms with E-state index >= 15 is 0 Å². The molecule has 3 aromatic heterocycles. The lowest BCUT2D eigenvalue weighted by atomic mass is 9.72. The number of aromatic nitrogens is 4. The zero-order chi connectivity index (χ0) is 29.3. The predicted octanol–water partition coefficient (Wildman–Crippen LogP) is 4.98. The number of benzene rings is 1. The summed E-state index contributed by atoms with van der Waals surface area (Å²) in [5.41, 5.74) is 4.72. The highest BCUT2D eigenvalue weighted by Crippen LogP contribution is 2.46. The second-order valence-corrected chi connectivity index (χ2v) is 13.6. The molecule has 0 saturated heterocycles. The van der Waals surface area contributed by atoms with Gasteiger partial charge in [-0.2, -0.15) is 5.10 Å². The van der Waals surface area contributed by atoms with E-state index in [0.717, 1.165) is 51.9 Å². The zero-order valence-electron chi connectivity index (χ0n) is 24.3. The lowest BCUT2D eigenvalue weighted by molar-refractivity contribution is -0.147. The first-order valence-electron chi connectivity index (χ1n) is 13.8. The standard InChI is InChI=1S/C31H35N5O4S/c1-18-11-25-28(32-15-18)40-31(9-10-31)17-36(41(25)39)16-23-13-21(8-7-19(23)2)26(30(4,5)29(37)38)24-14-22-12-20(3)33-34-27(22)35(24)6/h7-8,11-15,26H,9-10,16-17H2,1-6H3,(H,37,38). The van der Waals surface area contributed by atoms with Gasteiger partial charge >= 0.3 is 5.97 Å². The summed E-state index contributed by atoms with van der Waals surface area (Å²) in [6.45, 7) is 10.4. The van der Waals surface area contributed by atoms with E-state index in [2.05, 4.69) is 21.2 Å². The quantitative estimate of drug-likeness (QED) is 0.346. The molecule has 1 aliphatic heterocycles. The van der Waals surface area contributed by atoms with Crippen LogP contribution in [0.15, 0.2) is 47.5 Å². The third-order valence-electron chi connectivity index (χ3n) is 8.52. The molecule has 4 aromatic rings. The molecule has 1 fully saturated rings. The third kappa shape index (κ3) is 4.82. The Kier molecular flexibility index (Phi) is 6.54.